The SMILES string of the molecule is CN(N)/C=C(\N)C1C[C@H]1c1c(C(=O)O)cnn1-c1cccc(-c2cccc(OCC3CCCSC3)c2)c1. The Morgan fingerprint density at radius 3 is 2.78 bits per heavy atom. The van der Waals surface area contributed by atoms with E-state index in [0.29, 0.717) is 17.3 Å². The van der Waals surface area contributed by atoms with Gasteiger partial charge in [0.15, 0.2) is 0 Å². The number of hydrogen-bond acceptors (Lipinski definition) is 7. The van der Waals surface area contributed by atoms with Crippen molar-refractivity contribution in [3.05, 3.63) is 77.9 Å². The fourth-order valence-electron chi connectivity index (χ4n) is 5.02. The Balaban J connectivity index is 1.40. The predicted molar refractivity (Wildman–Crippen MR) is 147 cm³/mol. The van der Waals surface area contributed by atoms with Crippen molar-refractivity contribution < 1.29 is 14.6 Å². The number of hydrogen-bond donors (Lipinski definition) is 3. The van der Waals surface area contributed by atoms with Gasteiger partial charge in [-0.3, -0.25) is 0 Å². The Kier molecular flexibility index (Phi) is 7.43. The molecule has 2 heterocycles. The Morgan fingerprint density at radius 1 is 1.27 bits per heavy atom. The van der Waals surface area contributed by atoms with Crippen molar-refractivity contribution in [3.8, 4) is 22.6 Å². The molecule has 0 amide bonds. The number of nitrogens with zero attached hydrogens (tertiary/aromatic N) is 3. The molecule has 0 radical (unpaired) electrons. The lowest BCUT2D eigenvalue weighted by atomic mass is 10.0. The van der Waals surface area contributed by atoms with Gasteiger partial charge in [0, 0.05) is 36.7 Å². The second-order valence-electron chi connectivity index (χ2n) is 9.88. The average Bonchev–Trinajstić information content (AvgIpc) is 3.57. The molecule has 2 fully saturated rings. The molecule has 0 spiro atoms. The standard InChI is InChI=1S/C28H33N5O3S/c1-32(30)15-26(29)23-13-24(23)27-25(28(34)35)14-31-33(27)21-8-2-6-19(11-21)20-7-3-9-22(12-20)36-16-18-5-4-10-37-17-18/h2-3,6-9,11-12,14-15,18,23-24H,4-5,10,13,16-17,29-30H2,1H3,(H,34,35)/b26-15-/t18?,23?,24-/m1/s1. The van der Waals surface area contributed by atoms with E-state index < -0.39 is 5.97 Å². The molecule has 8 nitrogen and oxygen atoms in total. The first kappa shape index (κ1) is 25.2. The van der Waals surface area contributed by atoms with Crippen LogP contribution in [-0.2, 0) is 0 Å². The van der Waals surface area contributed by atoms with Gasteiger partial charge in [0.25, 0.3) is 0 Å². The van der Waals surface area contributed by atoms with E-state index in [2.05, 4.69) is 17.2 Å². The maximum absolute atomic E-state index is 12.0. The molecule has 5 rings (SSSR count). The lowest BCUT2D eigenvalue weighted by Gasteiger charge is -2.21. The Labute approximate surface area is 221 Å². The van der Waals surface area contributed by atoms with Gasteiger partial charge in [-0.2, -0.15) is 16.9 Å². The third-order valence-corrected chi connectivity index (χ3v) is 8.24. The molecule has 1 saturated heterocycles. The number of benzene rings is 2. The normalized spacial score (nSPS) is 21.5. The van der Waals surface area contributed by atoms with Crippen LogP contribution in [0.25, 0.3) is 16.8 Å². The molecule has 3 atom stereocenters. The lowest BCUT2D eigenvalue weighted by molar-refractivity contribution is 0.0695. The number of ether oxygens (including phenoxy) is 1. The van der Waals surface area contributed by atoms with Gasteiger partial charge in [0.2, 0.25) is 0 Å². The molecule has 0 bridgehead atoms. The van der Waals surface area contributed by atoms with Gasteiger partial charge in [-0.1, -0.05) is 24.3 Å². The number of thioether (sulfide) groups is 1. The van der Waals surface area contributed by atoms with E-state index in [1.807, 2.05) is 48.2 Å². The summed E-state index contributed by atoms with van der Waals surface area (Å²) in [6.07, 6.45) is 6.34. The number of rotatable bonds is 9. The van der Waals surface area contributed by atoms with Gasteiger partial charge in [0.1, 0.15) is 11.3 Å². The van der Waals surface area contributed by atoms with E-state index in [1.165, 1.54) is 35.6 Å². The van der Waals surface area contributed by atoms with Crippen molar-refractivity contribution in [1.29, 1.82) is 0 Å². The van der Waals surface area contributed by atoms with E-state index in [1.54, 1.807) is 17.9 Å². The second-order valence-corrected chi connectivity index (χ2v) is 11.0. The molecule has 3 aromatic rings. The third kappa shape index (κ3) is 5.78. The van der Waals surface area contributed by atoms with Crippen LogP contribution in [0.1, 0.15) is 41.2 Å². The Hall–Kier alpha value is -3.43. The molecular formula is C28H33N5O3S. The van der Waals surface area contributed by atoms with E-state index in [-0.39, 0.29) is 17.4 Å². The van der Waals surface area contributed by atoms with Crippen molar-refractivity contribution >= 4 is 17.7 Å². The van der Waals surface area contributed by atoms with Crippen LogP contribution in [0.2, 0.25) is 0 Å². The summed E-state index contributed by atoms with van der Waals surface area (Å²) < 4.78 is 7.88. The van der Waals surface area contributed by atoms with Gasteiger partial charge in [-0.05, 0) is 66.2 Å². The topological polar surface area (TPSA) is 120 Å². The molecule has 1 aliphatic carbocycles. The molecule has 2 aliphatic rings. The van der Waals surface area contributed by atoms with Gasteiger partial charge in [-0.15, -0.1) is 0 Å². The molecule has 1 saturated carbocycles. The average molecular weight is 520 g/mol. The molecule has 1 aliphatic heterocycles. The number of allylic oxidation sites excluding steroid dienone is 1. The number of nitrogens with two attached hydrogens (primary N) is 2. The Bertz CT molecular complexity index is 1300. The van der Waals surface area contributed by atoms with Crippen LogP contribution >= 0.6 is 11.8 Å². The van der Waals surface area contributed by atoms with Crippen LogP contribution in [0.4, 0.5) is 0 Å². The zero-order valence-electron chi connectivity index (χ0n) is 20.9. The predicted octanol–water partition coefficient (Wildman–Crippen LogP) is 4.47. The summed E-state index contributed by atoms with van der Waals surface area (Å²) >= 11 is 2.01. The lowest BCUT2D eigenvalue weighted by Crippen LogP contribution is -2.21. The van der Waals surface area contributed by atoms with Crippen LogP contribution < -0.4 is 16.3 Å². The number of carbonyl (C=O) groups is 1. The summed E-state index contributed by atoms with van der Waals surface area (Å²) in [7, 11) is 1.71. The highest BCUT2D eigenvalue weighted by Gasteiger charge is 2.45. The molecule has 37 heavy (non-hydrogen) atoms. The zero-order chi connectivity index (χ0) is 25.9. The monoisotopic (exact) mass is 519 g/mol. The van der Waals surface area contributed by atoms with E-state index in [0.717, 1.165) is 35.6 Å². The highest BCUT2D eigenvalue weighted by atomic mass is 32.2. The fourth-order valence-corrected chi connectivity index (χ4v) is 6.15. The van der Waals surface area contributed by atoms with E-state index in [4.69, 9.17) is 16.3 Å². The van der Waals surface area contributed by atoms with Crippen LogP contribution in [0.3, 0.4) is 0 Å². The first-order valence-corrected chi connectivity index (χ1v) is 13.7. The molecule has 2 aromatic carbocycles. The number of carboxylic acid groups (broad SMARTS) is 1. The van der Waals surface area contributed by atoms with Gasteiger partial charge < -0.3 is 20.6 Å². The fraction of sp³-hybridized carbons (Fsp3) is 0.357. The maximum atomic E-state index is 12.0. The molecule has 2 unspecified atom stereocenters. The highest BCUT2D eigenvalue weighted by Crippen LogP contribution is 2.51. The van der Waals surface area contributed by atoms with Crippen molar-refractivity contribution in [3.63, 3.8) is 0 Å². The quantitative estimate of drug-likeness (QED) is 0.280. The Morgan fingerprint density at radius 2 is 2.05 bits per heavy atom. The van der Waals surface area contributed by atoms with Gasteiger partial charge in [-0.25, -0.2) is 15.3 Å². The molecule has 1 aromatic heterocycles. The van der Waals surface area contributed by atoms with Crippen LogP contribution in [0.5, 0.6) is 5.75 Å². The molecular weight excluding hydrogens is 486 g/mol. The van der Waals surface area contributed by atoms with E-state index in [9.17, 15) is 9.90 Å². The summed E-state index contributed by atoms with van der Waals surface area (Å²) in [5.41, 5.74) is 10.6. The van der Waals surface area contributed by atoms with Crippen molar-refractivity contribution in [1.82, 2.24) is 14.8 Å². The van der Waals surface area contributed by atoms with Crippen LogP contribution in [-0.4, -0.2) is 51.0 Å². The van der Waals surface area contributed by atoms with Crippen molar-refractivity contribution in [2.24, 2.45) is 23.4 Å². The van der Waals surface area contributed by atoms with Gasteiger partial charge in [0.05, 0.1) is 24.2 Å². The number of aromatic carboxylic acids is 1. The van der Waals surface area contributed by atoms with Crippen LogP contribution in [0.15, 0.2) is 66.6 Å². The molecule has 194 valence electrons. The number of aromatic nitrogens is 2. The maximum Gasteiger partial charge on any atom is 0.339 e. The first-order chi connectivity index (χ1) is 17.9. The van der Waals surface area contributed by atoms with E-state index >= 15 is 0 Å². The first-order valence-electron chi connectivity index (χ1n) is 12.6. The summed E-state index contributed by atoms with van der Waals surface area (Å²) in [4.78, 5) is 12.0. The minimum Gasteiger partial charge on any atom is -0.493 e. The molecule has 5 N–H and O–H groups in total. The summed E-state index contributed by atoms with van der Waals surface area (Å²) in [5.74, 6) is 8.59. The smallest absolute Gasteiger partial charge is 0.339 e. The molecule has 9 heteroatoms. The number of carboxylic acids is 1. The highest BCUT2D eigenvalue weighted by molar-refractivity contribution is 7.99. The third-order valence-electron chi connectivity index (χ3n) is 6.96. The van der Waals surface area contributed by atoms with Gasteiger partial charge >= 0.3 is 5.97 Å². The minimum absolute atomic E-state index is 0.0270. The van der Waals surface area contributed by atoms with Crippen molar-refractivity contribution in [2.75, 3.05) is 25.2 Å². The van der Waals surface area contributed by atoms with Crippen LogP contribution in [0, 0.1) is 11.8 Å². The zero-order valence-corrected chi connectivity index (χ0v) is 21.7. The second kappa shape index (κ2) is 10.9. The summed E-state index contributed by atoms with van der Waals surface area (Å²) in [6, 6.07) is 16.1. The summed E-state index contributed by atoms with van der Waals surface area (Å²) in [5, 5.41) is 15.7. The number of hydrazine groups is 1. The van der Waals surface area contributed by atoms with Crippen molar-refractivity contribution in [2.45, 2.75) is 25.2 Å². The largest absolute Gasteiger partial charge is 0.493 e. The summed E-state index contributed by atoms with van der Waals surface area (Å²) in [6.45, 7) is 0.741. The minimum atomic E-state index is -0.997.